The average molecular weight is 279 g/mol. The van der Waals surface area contributed by atoms with Gasteiger partial charge in [-0.2, -0.15) is 0 Å². The highest BCUT2D eigenvalue weighted by Gasteiger charge is 2.06. The van der Waals surface area contributed by atoms with Gasteiger partial charge < -0.3 is 4.98 Å². The highest BCUT2D eigenvalue weighted by Crippen LogP contribution is 2.13. The van der Waals surface area contributed by atoms with Crippen LogP contribution in [0.5, 0.6) is 0 Å². The van der Waals surface area contributed by atoms with Gasteiger partial charge in [-0.3, -0.25) is 14.0 Å². The molecule has 0 saturated carbocycles. The molecule has 3 rings (SSSR count). The Bertz CT molecular complexity index is 783. The summed E-state index contributed by atoms with van der Waals surface area (Å²) in [6.07, 6.45) is 3.35. The van der Waals surface area contributed by atoms with Crippen molar-refractivity contribution in [3.63, 3.8) is 0 Å². The summed E-state index contributed by atoms with van der Waals surface area (Å²) in [4.78, 5) is 16.1. The van der Waals surface area contributed by atoms with Gasteiger partial charge in [0.1, 0.15) is 4.83 Å². The van der Waals surface area contributed by atoms with Crippen LogP contribution in [0, 0.1) is 4.77 Å². The van der Waals surface area contributed by atoms with Gasteiger partial charge >= 0.3 is 0 Å². The SMILES string of the molecule is O=c1c2ccsc2[nH]c(=S)n1CCn1ccnn1. The Morgan fingerprint density at radius 2 is 2.33 bits per heavy atom. The molecule has 0 spiro atoms. The van der Waals surface area contributed by atoms with Crippen LogP contribution in [0.25, 0.3) is 10.2 Å². The largest absolute Gasteiger partial charge is 0.323 e. The Morgan fingerprint density at radius 1 is 1.44 bits per heavy atom. The van der Waals surface area contributed by atoms with E-state index < -0.39 is 0 Å². The van der Waals surface area contributed by atoms with Crippen molar-refractivity contribution in [3.05, 3.63) is 39.0 Å². The zero-order chi connectivity index (χ0) is 12.5. The molecule has 0 aliphatic heterocycles. The van der Waals surface area contributed by atoms with Gasteiger partial charge in [0.2, 0.25) is 0 Å². The number of fused-ring (bicyclic) bond motifs is 1. The Kier molecular flexibility index (Phi) is 2.80. The average Bonchev–Trinajstić information content (AvgIpc) is 2.98. The fraction of sp³-hybridized carbons (Fsp3) is 0.200. The molecule has 0 fully saturated rings. The van der Waals surface area contributed by atoms with E-state index in [1.165, 1.54) is 11.3 Å². The molecular formula is C10H9N5OS2. The molecule has 0 aliphatic rings. The first kappa shape index (κ1) is 11.3. The lowest BCUT2D eigenvalue weighted by molar-refractivity contribution is 0.505. The summed E-state index contributed by atoms with van der Waals surface area (Å²) >= 11 is 6.67. The molecule has 18 heavy (non-hydrogen) atoms. The first-order valence-corrected chi connectivity index (χ1v) is 6.59. The number of thiophene rings is 1. The molecule has 92 valence electrons. The smallest absolute Gasteiger partial charge is 0.263 e. The Labute approximate surface area is 111 Å². The van der Waals surface area contributed by atoms with E-state index in [-0.39, 0.29) is 5.56 Å². The third kappa shape index (κ3) is 1.89. The standard InChI is InChI=1S/C10H9N5OS2/c16-9-7-1-6-18-8(7)12-10(17)15(9)5-4-14-3-2-11-13-14/h1-3,6H,4-5H2,(H,12,17). The topological polar surface area (TPSA) is 68.5 Å². The molecule has 0 atom stereocenters. The fourth-order valence-electron chi connectivity index (χ4n) is 1.73. The summed E-state index contributed by atoms with van der Waals surface area (Å²) in [7, 11) is 0. The second-order valence-corrected chi connectivity index (χ2v) is 5.02. The number of aromatic amines is 1. The van der Waals surface area contributed by atoms with Gasteiger partial charge in [-0.1, -0.05) is 5.21 Å². The van der Waals surface area contributed by atoms with Crippen LogP contribution in [-0.2, 0) is 13.1 Å². The van der Waals surface area contributed by atoms with E-state index in [1.54, 1.807) is 27.7 Å². The summed E-state index contributed by atoms with van der Waals surface area (Å²) in [6.45, 7) is 1.04. The third-order valence-corrected chi connectivity index (χ3v) is 3.78. The summed E-state index contributed by atoms with van der Waals surface area (Å²) in [6, 6.07) is 1.81. The number of nitrogens with one attached hydrogen (secondary N) is 1. The van der Waals surface area contributed by atoms with Crippen molar-refractivity contribution in [1.29, 1.82) is 0 Å². The summed E-state index contributed by atoms with van der Waals surface area (Å²) in [5.41, 5.74) is -0.0601. The molecule has 0 amide bonds. The molecule has 6 nitrogen and oxygen atoms in total. The molecule has 0 radical (unpaired) electrons. The van der Waals surface area contributed by atoms with Gasteiger partial charge in [0.25, 0.3) is 5.56 Å². The predicted octanol–water partition coefficient (Wildman–Crippen LogP) is 1.41. The number of aryl methyl sites for hydroxylation is 1. The second kappa shape index (κ2) is 4.46. The Balaban J connectivity index is 2.01. The molecule has 0 unspecified atom stereocenters. The van der Waals surface area contributed by atoms with E-state index in [2.05, 4.69) is 15.3 Å². The number of hydrogen-bond donors (Lipinski definition) is 1. The van der Waals surface area contributed by atoms with Crippen LogP contribution in [0.15, 0.2) is 28.6 Å². The van der Waals surface area contributed by atoms with Crippen molar-refractivity contribution in [1.82, 2.24) is 24.5 Å². The monoisotopic (exact) mass is 279 g/mol. The Morgan fingerprint density at radius 3 is 3.11 bits per heavy atom. The number of H-pyrrole nitrogens is 1. The molecule has 8 heteroatoms. The molecule has 0 aliphatic carbocycles. The van der Waals surface area contributed by atoms with E-state index in [0.717, 1.165) is 4.83 Å². The van der Waals surface area contributed by atoms with E-state index in [4.69, 9.17) is 12.2 Å². The molecule has 3 aromatic rings. The summed E-state index contributed by atoms with van der Waals surface area (Å²) < 4.78 is 3.65. The molecule has 1 N–H and O–H groups in total. The highest BCUT2D eigenvalue weighted by molar-refractivity contribution is 7.71. The maximum atomic E-state index is 12.2. The summed E-state index contributed by atoms with van der Waals surface area (Å²) in [5.74, 6) is 0. The van der Waals surface area contributed by atoms with Crippen LogP contribution in [0.1, 0.15) is 0 Å². The van der Waals surface area contributed by atoms with Crippen LogP contribution in [0.4, 0.5) is 0 Å². The number of nitrogens with zero attached hydrogens (tertiary/aromatic N) is 4. The Hall–Kier alpha value is -1.80. The van der Waals surface area contributed by atoms with Crippen molar-refractivity contribution < 1.29 is 0 Å². The summed E-state index contributed by atoms with van der Waals surface area (Å²) in [5, 5.41) is 10.1. The maximum absolute atomic E-state index is 12.2. The molecule has 0 aromatic carbocycles. The normalized spacial score (nSPS) is 11.1. The van der Waals surface area contributed by atoms with E-state index in [0.29, 0.717) is 23.2 Å². The predicted molar refractivity (Wildman–Crippen MR) is 71.3 cm³/mol. The van der Waals surface area contributed by atoms with Gasteiger partial charge in [0.05, 0.1) is 18.1 Å². The van der Waals surface area contributed by atoms with Crippen LogP contribution in [0.2, 0.25) is 0 Å². The van der Waals surface area contributed by atoms with Gasteiger partial charge in [-0.05, 0) is 23.7 Å². The van der Waals surface area contributed by atoms with Crippen molar-refractivity contribution in [2.24, 2.45) is 0 Å². The number of rotatable bonds is 3. The lowest BCUT2D eigenvalue weighted by Gasteiger charge is -2.05. The quantitative estimate of drug-likeness (QED) is 0.736. The van der Waals surface area contributed by atoms with E-state index >= 15 is 0 Å². The van der Waals surface area contributed by atoms with Crippen molar-refractivity contribution in [3.8, 4) is 0 Å². The minimum atomic E-state index is -0.0601. The van der Waals surface area contributed by atoms with Crippen molar-refractivity contribution >= 4 is 33.8 Å². The van der Waals surface area contributed by atoms with Gasteiger partial charge in [-0.25, -0.2) is 0 Å². The fourth-order valence-corrected chi connectivity index (χ4v) is 2.85. The van der Waals surface area contributed by atoms with Crippen molar-refractivity contribution in [2.45, 2.75) is 13.1 Å². The highest BCUT2D eigenvalue weighted by atomic mass is 32.1. The lowest BCUT2D eigenvalue weighted by Crippen LogP contribution is -2.24. The first-order chi connectivity index (χ1) is 8.75. The van der Waals surface area contributed by atoms with Gasteiger partial charge in [0, 0.05) is 12.7 Å². The lowest BCUT2D eigenvalue weighted by atomic mass is 10.4. The minimum Gasteiger partial charge on any atom is -0.323 e. The van der Waals surface area contributed by atoms with Gasteiger partial charge in [0.15, 0.2) is 4.77 Å². The van der Waals surface area contributed by atoms with Gasteiger partial charge in [-0.15, -0.1) is 16.4 Å². The number of aromatic nitrogens is 5. The zero-order valence-electron chi connectivity index (χ0n) is 9.24. The molecular weight excluding hydrogens is 270 g/mol. The second-order valence-electron chi connectivity index (χ2n) is 3.72. The van der Waals surface area contributed by atoms with Crippen LogP contribution < -0.4 is 5.56 Å². The zero-order valence-corrected chi connectivity index (χ0v) is 10.9. The molecule has 0 saturated heterocycles. The van der Waals surface area contributed by atoms with Crippen LogP contribution in [0.3, 0.4) is 0 Å². The van der Waals surface area contributed by atoms with Crippen molar-refractivity contribution in [2.75, 3.05) is 0 Å². The number of hydrogen-bond acceptors (Lipinski definition) is 5. The van der Waals surface area contributed by atoms with E-state index in [1.807, 2.05) is 5.38 Å². The first-order valence-electron chi connectivity index (χ1n) is 5.30. The van der Waals surface area contributed by atoms with Crippen LogP contribution >= 0.6 is 23.6 Å². The maximum Gasteiger partial charge on any atom is 0.263 e. The van der Waals surface area contributed by atoms with E-state index in [9.17, 15) is 4.79 Å². The van der Waals surface area contributed by atoms with Crippen LogP contribution in [-0.4, -0.2) is 24.5 Å². The third-order valence-electron chi connectivity index (χ3n) is 2.63. The minimum absolute atomic E-state index is 0.0601. The molecule has 3 aromatic heterocycles. The molecule has 3 heterocycles. The molecule has 0 bridgehead atoms.